The molecule has 0 aliphatic carbocycles. The number of nitrogens with zero attached hydrogens (tertiary/aromatic N) is 1. The lowest BCUT2D eigenvalue weighted by Gasteiger charge is -2.35. The Labute approximate surface area is 118 Å². The molecule has 0 aromatic carbocycles. The molecule has 4 nitrogen and oxygen atoms in total. The summed E-state index contributed by atoms with van der Waals surface area (Å²) >= 11 is 0. The third-order valence-corrected chi connectivity index (χ3v) is 5.50. The zero-order valence-electron chi connectivity index (χ0n) is 12.6. The molecule has 1 rings (SSSR count). The van der Waals surface area contributed by atoms with E-state index in [2.05, 4.69) is 20.8 Å². The van der Waals surface area contributed by atoms with Crippen LogP contribution < -0.4 is 0 Å². The average Bonchev–Trinajstić information content (AvgIpc) is 2.66. The largest absolute Gasteiger partial charge is 0.323 e. The molecule has 1 heterocycles. The topological polar surface area (TPSA) is 54.4 Å². The second-order valence-corrected chi connectivity index (χ2v) is 7.70. The Morgan fingerprint density at radius 2 is 1.58 bits per heavy atom. The Morgan fingerprint density at radius 3 is 1.95 bits per heavy atom. The van der Waals surface area contributed by atoms with E-state index in [1.807, 2.05) is 0 Å². The van der Waals surface area contributed by atoms with E-state index in [9.17, 15) is 8.42 Å². The van der Waals surface area contributed by atoms with Crippen molar-refractivity contribution >= 4 is 10.1 Å². The Bertz CT molecular complexity index is 355. The second-order valence-electron chi connectivity index (χ2n) is 6.13. The van der Waals surface area contributed by atoms with Gasteiger partial charge in [0.2, 0.25) is 0 Å². The fraction of sp³-hybridized carbons (Fsp3) is 1.00. The van der Waals surface area contributed by atoms with Crippen molar-refractivity contribution in [3.8, 4) is 0 Å². The maximum atomic E-state index is 10.9. The zero-order valence-corrected chi connectivity index (χ0v) is 13.5. The highest BCUT2D eigenvalue weighted by Gasteiger charge is 2.42. The quantitative estimate of drug-likeness (QED) is 0.552. The minimum atomic E-state index is -3.81. The maximum absolute atomic E-state index is 10.9. The van der Waals surface area contributed by atoms with Crippen LogP contribution in [0.15, 0.2) is 0 Å². The van der Waals surface area contributed by atoms with Crippen LogP contribution in [0, 0.1) is 11.8 Å². The lowest BCUT2D eigenvalue weighted by atomic mass is 9.92. The molecule has 1 aliphatic heterocycles. The molecule has 1 saturated heterocycles. The number of hydrogen-bond acceptors (Lipinski definition) is 2. The molecule has 2 atom stereocenters. The van der Waals surface area contributed by atoms with E-state index in [0.29, 0.717) is 6.42 Å². The van der Waals surface area contributed by atoms with Crippen LogP contribution in [0.5, 0.6) is 0 Å². The molecular formula is C14H30NO3S+. The van der Waals surface area contributed by atoms with Crippen molar-refractivity contribution in [1.82, 2.24) is 0 Å². The van der Waals surface area contributed by atoms with Gasteiger partial charge in [-0.15, -0.1) is 0 Å². The van der Waals surface area contributed by atoms with Crippen LogP contribution in [-0.4, -0.2) is 49.4 Å². The predicted molar refractivity (Wildman–Crippen MR) is 78.6 cm³/mol. The molecule has 2 unspecified atom stereocenters. The van der Waals surface area contributed by atoms with Gasteiger partial charge in [0.15, 0.2) is 0 Å². The molecule has 0 spiro atoms. The summed E-state index contributed by atoms with van der Waals surface area (Å²) in [7, 11) is -3.81. The van der Waals surface area contributed by atoms with E-state index >= 15 is 0 Å². The minimum Gasteiger partial charge on any atom is -0.323 e. The SMILES string of the molecule is CCC[N+]1(CCCS(=O)(=O)O)CC(CC)C(CC)C1. The molecule has 0 aromatic heterocycles. The first-order valence-corrected chi connectivity index (χ1v) is 9.27. The number of quaternary nitrogens is 1. The van der Waals surface area contributed by atoms with E-state index in [1.165, 1.54) is 25.9 Å². The number of likely N-dealkylation sites (tertiary alicyclic amines) is 1. The summed E-state index contributed by atoms with van der Waals surface area (Å²) in [6, 6.07) is 0. The molecule has 0 bridgehead atoms. The van der Waals surface area contributed by atoms with Crippen LogP contribution in [0.3, 0.4) is 0 Å². The van der Waals surface area contributed by atoms with Crippen LogP contribution in [0.2, 0.25) is 0 Å². The maximum Gasteiger partial charge on any atom is 0.265 e. The molecule has 0 radical (unpaired) electrons. The Balaban J connectivity index is 2.65. The smallest absolute Gasteiger partial charge is 0.265 e. The molecule has 19 heavy (non-hydrogen) atoms. The van der Waals surface area contributed by atoms with Crippen molar-refractivity contribution in [3.05, 3.63) is 0 Å². The van der Waals surface area contributed by atoms with Crippen molar-refractivity contribution in [3.63, 3.8) is 0 Å². The normalized spacial score (nSPS) is 31.8. The lowest BCUT2D eigenvalue weighted by molar-refractivity contribution is -0.919. The van der Waals surface area contributed by atoms with Crippen LogP contribution in [0.4, 0.5) is 0 Å². The van der Waals surface area contributed by atoms with Gasteiger partial charge in [-0.1, -0.05) is 20.8 Å². The first-order valence-electron chi connectivity index (χ1n) is 7.66. The third-order valence-electron chi connectivity index (χ3n) is 4.69. The van der Waals surface area contributed by atoms with Gasteiger partial charge in [-0.25, -0.2) is 0 Å². The minimum absolute atomic E-state index is 0.0930. The summed E-state index contributed by atoms with van der Waals surface area (Å²) in [5.41, 5.74) is 0. The highest BCUT2D eigenvalue weighted by atomic mass is 32.2. The molecule has 1 aliphatic rings. The summed E-state index contributed by atoms with van der Waals surface area (Å²) in [6.07, 6.45) is 4.16. The molecule has 0 saturated carbocycles. The van der Waals surface area contributed by atoms with E-state index in [0.717, 1.165) is 35.8 Å². The summed E-state index contributed by atoms with van der Waals surface area (Å²) in [4.78, 5) is 0. The predicted octanol–water partition coefficient (Wildman–Crippen LogP) is 2.56. The van der Waals surface area contributed by atoms with Gasteiger partial charge in [0.05, 0.1) is 31.9 Å². The summed E-state index contributed by atoms with van der Waals surface area (Å²) in [5, 5.41) is 0. The molecule has 1 fully saturated rings. The fourth-order valence-electron chi connectivity index (χ4n) is 3.83. The monoisotopic (exact) mass is 292 g/mol. The number of rotatable bonds is 8. The molecule has 114 valence electrons. The van der Waals surface area contributed by atoms with Crippen LogP contribution in [-0.2, 0) is 10.1 Å². The highest BCUT2D eigenvalue weighted by Crippen LogP contribution is 2.34. The first-order chi connectivity index (χ1) is 8.86. The summed E-state index contributed by atoms with van der Waals surface area (Å²) < 4.78 is 31.6. The highest BCUT2D eigenvalue weighted by molar-refractivity contribution is 7.85. The van der Waals surface area contributed by atoms with E-state index in [-0.39, 0.29) is 5.75 Å². The first kappa shape index (κ1) is 16.9. The standard InChI is InChI=1S/C14H29NO3S/c1-4-8-15(9-7-10-19(16,17)18)11-13(5-2)14(6-3)12-15/h13-14H,4-12H2,1-3H3/p+1. The molecular weight excluding hydrogens is 262 g/mol. The number of hydrogen-bond donors (Lipinski definition) is 1. The van der Waals surface area contributed by atoms with E-state index < -0.39 is 10.1 Å². The van der Waals surface area contributed by atoms with Crippen molar-refractivity contribution < 1.29 is 17.5 Å². The van der Waals surface area contributed by atoms with Gasteiger partial charge in [-0.3, -0.25) is 4.55 Å². The van der Waals surface area contributed by atoms with Crippen molar-refractivity contribution in [2.24, 2.45) is 11.8 Å². The van der Waals surface area contributed by atoms with Crippen molar-refractivity contribution in [2.75, 3.05) is 31.9 Å². The van der Waals surface area contributed by atoms with Crippen molar-refractivity contribution in [1.29, 1.82) is 0 Å². The van der Waals surface area contributed by atoms with Gasteiger partial charge in [0.25, 0.3) is 10.1 Å². The molecule has 0 aromatic rings. The van der Waals surface area contributed by atoms with E-state index in [1.54, 1.807) is 0 Å². The Kier molecular flexibility index (Phi) is 6.27. The molecule has 0 amide bonds. The fourth-order valence-corrected chi connectivity index (χ4v) is 4.32. The van der Waals surface area contributed by atoms with Gasteiger partial charge >= 0.3 is 0 Å². The third kappa shape index (κ3) is 5.04. The summed E-state index contributed by atoms with van der Waals surface area (Å²) in [5.74, 6) is 1.47. The van der Waals surface area contributed by atoms with Crippen LogP contribution in [0.25, 0.3) is 0 Å². The van der Waals surface area contributed by atoms with Gasteiger partial charge in [0.1, 0.15) is 0 Å². The lowest BCUT2D eigenvalue weighted by Crippen LogP contribution is -2.48. The Hall–Kier alpha value is -0.130. The summed E-state index contributed by atoms with van der Waals surface area (Å²) in [6.45, 7) is 11.1. The second kappa shape index (κ2) is 7.04. The zero-order chi connectivity index (χ0) is 14.5. The Morgan fingerprint density at radius 1 is 1.05 bits per heavy atom. The van der Waals surface area contributed by atoms with Gasteiger partial charge in [-0.05, 0) is 19.3 Å². The van der Waals surface area contributed by atoms with Gasteiger partial charge in [0, 0.05) is 18.3 Å². The van der Waals surface area contributed by atoms with Gasteiger partial charge < -0.3 is 4.48 Å². The van der Waals surface area contributed by atoms with Gasteiger partial charge in [-0.2, -0.15) is 8.42 Å². The molecule has 1 N–H and O–H groups in total. The van der Waals surface area contributed by atoms with Crippen LogP contribution in [0.1, 0.15) is 46.5 Å². The van der Waals surface area contributed by atoms with Crippen LogP contribution >= 0.6 is 0 Å². The van der Waals surface area contributed by atoms with E-state index in [4.69, 9.17) is 4.55 Å². The molecule has 5 heteroatoms. The average molecular weight is 292 g/mol. The van der Waals surface area contributed by atoms with Crippen molar-refractivity contribution in [2.45, 2.75) is 46.5 Å².